The molecule has 22 heavy (non-hydrogen) atoms. The van der Waals surface area contributed by atoms with Crippen molar-refractivity contribution in [3.63, 3.8) is 0 Å². The summed E-state index contributed by atoms with van der Waals surface area (Å²) in [6, 6.07) is 1.89. The molecule has 1 spiro atoms. The van der Waals surface area contributed by atoms with Crippen LogP contribution in [0, 0.1) is 12.3 Å². The van der Waals surface area contributed by atoms with Gasteiger partial charge >= 0.3 is 5.69 Å². The Morgan fingerprint density at radius 2 is 2.00 bits per heavy atom. The van der Waals surface area contributed by atoms with Crippen LogP contribution < -0.4 is 16.1 Å². The molecule has 4 rings (SSSR count). The van der Waals surface area contributed by atoms with Gasteiger partial charge in [-0.25, -0.2) is 4.79 Å². The SMILES string of the molecule is Cc1nnc(-c2c[nH]c(=O)[nH]c2=O)cc1N1CC2(CCC2)C1. The van der Waals surface area contributed by atoms with E-state index in [2.05, 4.69) is 25.1 Å². The molecule has 2 aromatic heterocycles. The number of anilines is 1. The normalized spacial score (nSPS) is 18.9. The molecule has 2 aliphatic rings. The van der Waals surface area contributed by atoms with Crippen LogP contribution in [0.3, 0.4) is 0 Å². The van der Waals surface area contributed by atoms with Crippen LogP contribution in [0.15, 0.2) is 21.9 Å². The Morgan fingerprint density at radius 1 is 1.23 bits per heavy atom. The van der Waals surface area contributed by atoms with E-state index < -0.39 is 11.2 Å². The number of nitrogens with zero attached hydrogens (tertiary/aromatic N) is 3. The van der Waals surface area contributed by atoms with E-state index in [0.29, 0.717) is 16.7 Å². The van der Waals surface area contributed by atoms with Gasteiger partial charge in [-0.3, -0.25) is 9.78 Å². The third-order valence-electron chi connectivity index (χ3n) is 4.85. The molecule has 0 bridgehead atoms. The lowest BCUT2D eigenvalue weighted by atomic mass is 9.63. The van der Waals surface area contributed by atoms with E-state index in [-0.39, 0.29) is 0 Å². The summed E-state index contributed by atoms with van der Waals surface area (Å²) in [4.78, 5) is 30.0. The van der Waals surface area contributed by atoms with Crippen LogP contribution in [-0.2, 0) is 0 Å². The summed E-state index contributed by atoms with van der Waals surface area (Å²) in [5, 5.41) is 8.27. The number of rotatable bonds is 2. The van der Waals surface area contributed by atoms with Crippen molar-refractivity contribution in [2.24, 2.45) is 5.41 Å². The van der Waals surface area contributed by atoms with Crippen LogP contribution in [0.5, 0.6) is 0 Å². The van der Waals surface area contributed by atoms with Gasteiger partial charge < -0.3 is 9.88 Å². The molecule has 0 aromatic carbocycles. The summed E-state index contributed by atoms with van der Waals surface area (Å²) in [5.74, 6) is 0. The summed E-state index contributed by atoms with van der Waals surface area (Å²) in [6.07, 6.45) is 5.34. The molecule has 3 heterocycles. The highest BCUT2D eigenvalue weighted by Gasteiger charge is 2.47. The van der Waals surface area contributed by atoms with E-state index in [9.17, 15) is 9.59 Å². The fourth-order valence-corrected chi connectivity index (χ4v) is 3.42. The number of aryl methyl sites for hydroxylation is 1. The van der Waals surface area contributed by atoms with E-state index in [0.717, 1.165) is 24.5 Å². The highest BCUT2D eigenvalue weighted by molar-refractivity contribution is 5.65. The summed E-state index contributed by atoms with van der Waals surface area (Å²) in [5.41, 5.74) is 2.23. The van der Waals surface area contributed by atoms with Crippen molar-refractivity contribution in [2.75, 3.05) is 18.0 Å². The third-order valence-corrected chi connectivity index (χ3v) is 4.85. The van der Waals surface area contributed by atoms with Gasteiger partial charge in [0.1, 0.15) is 5.69 Å². The molecule has 2 fully saturated rings. The molecular formula is C15H17N5O2. The van der Waals surface area contributed by atoms with Crippen LogP contribution in [-0.4, -0.2) is 33.3 Å². The topological polar surface area (TPSA) is 94.7 Å². The molecular weight excluding hydrogens is 282 g/mol. The molecule has 0 atom stereocenters. The predicted octanol–water partition coefficient (Wildman–Crippen LogP) is 0.819. The van der Waals surface area contributed by atoms with Gasteiger partial charge in [-0.1, -0.05) is 6.42 Å². The molecule has 7 nitrogen and oxygen atoms in total. The molecule has 2 aromatic rings. The second kappa shape index (κ2) is 4.53. The average Bonchev–Trinajstić information content (AvgIpc) is 2.38. The van der Waals surface area contributed by atoms with Gasteiger partial charge in [-0.2, -0.15) is 5.10 Å². The fraction of sp³-hybridized carbons (Fsp3) is 0.467. The van der Waals surface area contributed by atoms with Crippen molar-refractivity contribution in [1.82, 2.24) is 20.2 Å². The molecule has 0 amide bonds. The average molecular weight is 299 g/mol. The van der Waals surface area contributed by atoms with Crippen LogP contribution in [0.4, 0.5) is 5.69 Å². The van der Waals surface area contributed by atoms with Gasteiger partial charge in [0, 0.05) is 24.7 Å². The summed E-state index contributed by atoms with van der Waals surface area (Å²) < 4.78 is 0. The lowest BCUT2D eigenvalue weighted by molar-refractivity contribution is 0.0902. The predicted molar refractivity (Wildman–Crippen MR) is 81.9 cm³/mol. The number of H-pyrrole nitrogens is 2. The third kappa shape index (κ3) is 1.96. The van der Waals surface area contributed by atoms with Crippen LogP contribution in [0.25, 0.3) is 11.3 Å². The Kier molecular flexibility index (Phi) is 2.72. The maximum Gasteiger partial charge on any atom is 0.325 e. The fourth-order valence-electron chi connectivity index (χ4n) is 3.42. The number of nitrogens with one attached hydrogen (secondary N) is 2. The van der Waals surface area contributed by atoms with E-state index in [1.165, 1.54) is 25.5 Å². The van der Waals surface area contributed by atoms with Gasteiger partial charge in [-0.05, 0) is 25.8 Å². The minimum Gasteiger partial charge on any atom is -0.369 e. The minimum atomic E-state index is -0.524. The number of hydrogen-bond acceptors (Lipinski definition) is 5. The molecule has 2 N–H and O–H groups in total. The van der Waals surface area contributed by atoms with Gasteiger partial charge in [0.15, 0.2) is 0 Å². The van der Waals surface area contributed by atoms with Crippen molar-refractivity contribution in [3.8, 4) is 11.3 Å². The largest absolute Gasteiger partial charge is 0.369 e. The zero-order valence-corrected chi connectivity index (χ0v) is 12.3. The Balaban J connectivity index is 1.69. The summed E-state index contributed by atoms with van der Waals surface area (Å²) >= 11 is 0. The molecule has 1 aliphatic carbocycles. The smallest absolute Gasteiger partial charge is 0.325 e. The number of aromatic amines is 2. The molecule has 1 saturated heterocycles. The first-order valence-corrected chi connectivity index (χ1v) is 7.48. The highest BCUT2D eigenvalue weighted by atomic mass is 16.2. The van der Waals surface area contributed by atoms with Gasteiger partial charge in [-0.15, -0.1) is 5.10 Å². The highest BCUT2D eigenvalue weighted by Crippen LogP contribution is 2.49. The van der Waals surface area contributed by atoms with Crippen molar-refractivity contribution < 1.29 is 0 Å². The molecule has 1 aliphatic heterocycles. The Bertz CT molecular complexity index is 841. The van der Waals surface area contributed by atoms with Crippen LogP contribution in [0.1, 0.15) is 25.0 Å². The van der Waals surface area contributed by atoms with Crippen molar-refractivity contribution in [3.05, 3.63) is 38.8 Å². The first-order chi connectivity index (χ1) is 10.6. The first-order valence-electron chi connectivity index (χ1n) is 7.48. The summed E-state index contributed by atoms with van der Waals surface area (Å²) in [6.45, 7) is 4.04. The maximum atomic E-state index is 11.9. The van der Waals surface area contributed by atoms with E-state index in [1.807, 2.05) is 13.0 Å². The van der Waals surface area contributed by atoms with Gasteiger partial charge in [0.2, 0.25) is 0 Å². The van der Waals surface area contributed by atoms with E-state index >= 15 is 0 Å². The molecule has 114 valence electrons. The lowest BCUT2D eigenvalue weighted by Crippen LogP contribution is -2.60. The Labute approximate surface area is 126 Å². The lowest BCUT2D eigenvalue weighted by Gasteiger charge is -2.57. The molecule has 0 radical (unpaired) electrons. The summed E-state index contributed by atoms with van der Waals surface area (Å²) in [7, 11) is 0. The van der Waals surface area contributed by atoms with E-state index in [1.54, 1.807) is 0 Å². The first kappa shape index (κ1) is 13.2. The molecule has 1 saturated carbocycles. The maximum absolute atomic E-state index is 11.9. The second-order valence-corrected chi connectivity index (χ2v) is 6.40. The Morgan fingerprint density at radius 3 is 2.64 bits per heavy atom. The van der Waals surface area contributed by atoms with Gasteiger partial charge in [0.25, 0.3) is 5.56 Å². The molecule has 7 heteroatoms. The van der Waals surface area contributed by atoms with Crippen molar-refractivity contribution >= 4 is 5.69 Å². The number of aromatic nitrogens is 4. The zero-order valence-electron chi connectivity index (χ0n) is 12.3. The Hall–Kier alpha value is -2.44. The van der Waals surface area contributed by atoms with Gasteiger partial charge in [0.05, 0.1) is 16.9 Å². The standard InChI is InChI=1S/C15H17N5O2/c1-9-12(20-7-15(8-20)3-2-4-15)5-11(19-18-9)10-6-16-14(22)17-13(10)21/h5-6H,2-4,7-8H2,1H3,(H2,16,17,21,22). The van der Waals surface area contributed by atoms with E-state index in [4.69, 9.17) is 0 Å². The van der Waals surface area contributed by atoms with Crippen molar-refractivity contribution in [1.29, 1.82) is 0 Å². The quantitative estimate of drug-likeness (QED) is 0.856. The van der Waals surface area contributed by atoms with Crippen LogP contribution >= 0.6 is 0 Å². The monoisotopic (exact) mass is 299 g/mol. The second-order valence-electron chi connectivity index (χ2n) is 6.40. The number of hydrogen-bond donors (Lipinski definition) is 2. The molecule has 0 unspecified atom stereocenters. The van der Waals surface area contributed by atoms with Crippen LogP contribution in [0.2, 0.25) is 0 Å². The minimum absolute atomic E-state index is 0.326. The zero-order chi connectivity index (χ0) is 15.3. The van der Waals surface area contributed by atoms with Crippen molar-refractivity contribution in [2.45, 2.75) is 26.2 Å².